The smallest absolute Gasteiger partial charge is 0.419 e. The first-order chi connectivity index (χ1) is 23.8. The molecule has 0 saturated heterocycles. The van der Waals surface area contributed by atoms with E-state index in [-0.39, 0.29) is 24.7 Å². The number of rotatable bonds is 15. The SMILES string of the molecule is CC(C)(C)OC(=O)n1cnc(C[C@H](NC(=O)[C@H](Cc2ccccc2)CS(=O)(=O)C(C)(C)C)C(=O)N[C@@H](C[C@H]2CC=CCC2)[C@@H](O)[C@@H](O)C2CC2)c1. The number of carbonyl (C=O) groups excluding carboxylic acids is 3. The molecule has 1 saturated carbocycles. The predicted octanol–water partition coefficient (Wildman–Crippen LogP) is 4.13. The molecule has 1 heterocycles. The molecule has 0 unspecified atom stereocenters. The van der Waals surface area contributed by atoms with Crippen LogP contribution in [0.5, 0.6) is 0 Å². The topological polar surface area (TPSA) is 177 Å². The van der Waals surface area contributed by atoms with Gasteiger partial charge in [-0.2, -0.15) is 0 Å². The van der Waals surface area contributed by atoms with Crippen molar-refractivity contribution >= 4 is 27.7 Å². The van der Waals surface area contributed by atoms with Crippen LogP contribution in [-0.4, -0.2) is 86.5 Å². The molecule has 2 aromatic rings. The third kappa shape index (κ3) is 12.0. The average molecular weight is 729 g/mol. The van der Waals surface area contributed by atoms with Gasteiger partial charge in [0.15, 0.2) is 9.84 Å². The molecule has 2 amide bonds. The molecular weight excluding hydrogens is 673 g/mol. The zero-order valence-corrected chi connectivity index (χ0v) is 31.6. The summed E-state index contributed by atoms with van der Waals surface area (Å²) in [5.74, 6) is -2.59. The number of ether oxygens (including phenoxy) is 1. The summed E-state index contributed by atoms with van der Waals surface area (Å²) >= 11 is 0. The fourth-order valence-corrected chi connectivity index (χ4v) is 7.48. The first-order valence-electron chi connectivity index (χ1n) is 18.0. The van der Waals surface area contributed by atoms with Crippen LogP contribution < -0.4 is 10.6 Å². The molecule has 2 aliphatic carbocycles. The van der Waals surface area contributed by atoms with Gasteiger partial charge in [-0.1, -0.05) is 42.5 Å². The van der Waals surface area contributed by atoms with Crippen LogP contribution in [0.15, 0.2) is 55.0 Å². The molecule has 0 spiro atoms. The maximum atomic E-state index is 14.2. The van der Waals surface area contributed by atoms with E-state index in [1.54, 1.807) is 41.5 Å². The van der Waals surface area contributed by atoms with Gasteiger partial charge in [-0.15, -0.1) is 0 Å². The van der Waals surface area contributed by atoms with Gasteiger partial charge in [-0.25, -0.2) is 22.8 Å². The van der Waals surface area contributed by atoms with Crippen LogP contribution >= 0.6 is 0 Å². The molecule has 13 heteroatoms. The Morgan fingerprint density at radius 3 is 2.24 bits per heavy atom. The highest BCUT2D eigenvalue weighted by Crippen LogP contribution is 2.36. The van der Waals surface area contributed by atoms with Gasteiger partial charge < -0.3 is 25.6 Å². The normalized spacial score (nSPS) is 19.7. The number of carbonyl (C=O) groups is 3. The highest BCUT2D eigenvalue weighted by atomic mass is 32.2. The zero-order chi connectivity index (χ0) is 37.6. The van der Waals surface area contributed by atoms with Gasteiger partial charge in [0.25, 0.3) is 0 Å². The number of imidazole rings is 1. The van der Waals surface area contributed by atoms with Gasteiger partial charge in [0.2, 0.25) is 11.8 Å². The first kappa shape index (κ1) is 40.2. The molecule has 12 nitrogen and oxygen atoms in total. The highest BCUT2D eigenvalue weighted by Gasteiger charge is 2.41. The fraction of sp³-hybridized carbons (Fsp3) is 0.632. The Hall–Kier alpha value is -3.55. The maximum absolute atomic E-state index is 14.2. The summed E-state index contributed by atoms with van der Waals surface area (Å²) in [6.07, 6.45) is 8.51. The van der Waals surface area contributed by atoms with Crippen molar-refractivity contribution in [1.82, 2.24) is 20.2 Å². The number of allylic oxidation sites excluding steroid dienone is 2. The maximum Gasteiger partial charge on any atom is 0.419 e. The minimum atomic E-state index is -3.75. The predicted molar refractivity (Wildman–Crippen MR) is 194 cm³/mol. The molecule has 6 atom stereocenters. The Bertz CT molecular complexity index is 1620. The lowest BCUT2D eigenvalue weighted by Gasteiger charge is -2.33. The molecule has 1 fully saturated rings. The number of aromatic nitrogens is 2. The van der Waals surface area contributed by atoms with Crippen molar-refractivity contribution in [3.05, 3.63) is 66.3 Å². The summed E-state index contributed by atoms with van der Waals surface area (Å²) in [5.41, 5.74) is 0.307. The average Bonchev–Trinajstić information content (AvgIpc) is 3.80. The van der Waals surface area contributed by atoms with Gasteiger partial charge in [-0.3, -0.25) is 9.59 Å². The van der Waals surface area contributed by atoms with Gasteiger partial charge in [0.1, 0.15) is 24.1 Å². The van der Waals surface area contributed by atoms with Crippen molar-refractivity contribution in [2.24, 2.45) is 17.8 Å². The Morgan fingerprint density at radius 2 is 1.65 bits per heavy atom. The van der Waals surface area contributed by atoms with Crippen molar-refractivity contribution in [2.45, 2.75) is 128 Å². The van der Waals surface area contributed by atoms with E-state index in [0.29, 0.717) is 12.1 Å². The number of aliphatic hydroxyl groups is 2. The van der Waals surface area contributed by atoms with Gasteiger partial charge in [-0.05, 0) is 104 Å². The number of nitrogens with zero attached hydrogens (tertiary/aromatic N) is 2. The summed E-state index contributed by atoms with van der Waals surface area (Å²) in [7, 11) is -3.75. The van der Waals surface area contributed by atoms with E-state index in [9.17, 15) is 33.0 Å². The molecule has 0 aliphatic heterocycles. The highest BCUT2D eigenvalue weighted by molar-refractivity contribution is 7.92. The molecule has 51 heavy (non-hydrogen) atoms. The zero-order valence-electron chi connectivity index (χ0n) is 30.7. The minimum Gasteiger partial charge on any atom is -0.443 e. The Balaban J connectivity index is 1.63. The number of amides is 2. The van der Waals surface area contributed by atoms with Crippen molar-refractivity contribution in [3.63, 3.8) is 0 Å². The molecule has 1 aromatic carbocycles. The summed E-state index contributed by atoms with van der Waals surface area (Å²) in [6.45, 7) is 9.96. The largest absolute Gasteiger partial charge is 0.443 e. The monoisotopic (exact) mass is 728 g/mol. The van der Waals surface area contributed by atoms with Gasteiger partial charge >= 0.3 is 6.09 Å². The lowest BCUT2D eigenvalue weighted by molar-refractivity contribution is -0.132. The first-order valence-corrected chi connectivity index (χ1v) is 19.6. The number of hydrogen-bond donors (Lipinski definition) is 4. The summed E-state index contributed by atoms with van der Waals surface area (Å²) in [4.78, 5) is 45.4. The van der Waals surface area contributed by atoms with Crippen LogP contribution in [0.1, 0.15) is 91.3 Å². The fourth-order valence-electron chi connectivity index (χ4n) is 6.18. The van der Waals surface area contributed by atoms with E-state index in [1.807, 2.05) is 30.3 Å². The Morgan fingerprint density at radius 1 is 0.961 bits per heavy atom. The summed E-state index contributed by atoms with van der Waals surface area (Å²) < 4.78 is 32.3. The molecule has 0 bridgehead atoms. The second kappa shape index (κ2) is 16.9. The third-order valence-corrected chi connectivity index (χ3v) is 12.2. The number of nitrogens with one attached hydrogen (secondary N) is 2. The molecule has 2 aliphatic rings. The second-order valence-electron chi connectivity index (χ2n) is 16.1. The molecule has 282 valence electrons. The lowest BCUT2D eigenvalue weighted by atomic mass is 9.85. The standard InChI is InChI=1S/C38H56N4O8S/c1-37(2,3)50-36(47)42-22-29(39-24-42)21-31(35(46)40-30(20-26-15-11-8-12-16-26)33(44)32(43)27-17-18-27)41-34(45)28(19-25-13-9-7-10-14-25)23-51(48,49)38(4,5)6/h7-11,13-14,22,24,26-28,30-33,43-44H,12,15-21,23H2,1-6H3,(H,40,46)(H,41,45)/t26-,28+,30-,31-,32-,33+/m0/s1. The number of sulfone groups is 1. The van der Waals surface area contributed by atoms with Crippen molar-refractivity contribution in [2.75, 3.05) is 5.75 Å². The molecular formula is C38H56N4O8S. The van der Waals surface area contributed by atoms with E-state index in [1.165, 1.54) is 12.5 Å². The summed E-state index contributed by atoms with van der Waals surface area (Å²) in [6, 6.07) is 7.02. The van der Waals surface area contributed by atoms with Crippen molar-refractivity contribution < 1.29 is 37.8 Å². The van der Waals surface area contributed by atoms with Gasteiger partial charge in [0, 0.05) is 12.6 Å². The number of hydrogen-bond acceptors (Lipinski definition) is 9. The Kier molecular flexibility index (Phi) is 13.3. The van der Waals surface area contributed by atoms with E-state index >= 15 is 0 Å². The van der Waals surface area contributed by atoms with Crippen LogP contribution in [0.2, 0.25) is 0 Å². The van der Waals surface area contributed by atoms with E-state index in [4.69, 9.17) is 4.74 Å². The van der Waals surface area contributed by atoms with Crippen LogP contribution in [0.3, 0.4) is 0 Å². The quantitative estimate of drug-likeness (QED) is 0.197. The van der Waals surface area contributed by atoms with E-state index in [0.717, 1.165) is 42.2 Å². The van der Waals surface area contributed by atoms with Gasteiger partial charge in [0.05, 0.1) is 34.3 Å². The lowest BCUT2D eigenvalue weighted by Crippen LogP contribution is -2.57. The molecule has 1 aromatic heterocycles. The van der Waals surface area contributed by atoms with Crippen LogP contribution in [0, 0.1) is 17.8 Å². The minimum absolute atomic E-state index is 0.0403. The number of benzene rings is 1. The van der Waals surface area contributed by atoms with E-state index < -0.39 is 74.1 Å². The second-order valence-corrected chi connectivity index (χ2v) is 18.9. The van der Waals surface area contributed by atoms with E-state index in [2.05, 4.69) is 27.8 Å². The molecule has 0 radical (unpaired) electrons. The molecule has 4 rings (SSSR count). The summed E-state index contributed by atoms with van der Waals surface area (Å²) in [5, 5.41) is 28.0. The van der Waals surface area contributed by atoms with Crippen LogP contribution in [-0.2, 0) is 37.0 Å². The van der Waals surface area contributed by atoms with Crippen LogP contribution in [0.4, 0.5) is 4.79 Å². The van der Waals surface area contributed by atoms with Crippen LogP contribution in [0.25, 0.3) is 0 Å². The molecule has 4 N–H and O–H groups in total. The Labute approximate surface area is 302 Å². The third-order valence-electron chi connectivity index (χ3n) is 9.50. The van der Waals surface area contributed by atoms with Crippen molar-refractivity contribution in [3.8, 4) is 0 Å². The number of aliphatic hydroxyl groups excluding tert-OH is 2. The van der Waals surface area contributed by atoms with Crippen molar-refractivity contribution in [1.29, 1.82) is 0 Å².